The second-order valence-electron chi connectivity index (χ2n) is 5.56. The number of guanidine groups is 1. The van der Waals surface area contributed by atoms with Gasteiger partial charge in [-0.2, -0.15) is 0 Å². The molecule has 8 nitrogen and oxygen atoms in total. The molecule has 1 N–H and O–H groups in total. The molecule has 0 aliphatic heterocycles. The zero-order valence-electron chi connectivity index (χ0n) is 15.9. The summed E-state index contributed by atoms with van der Waals surface area (Å²) in [6.45, 7) is 3.93. The third kappa shape index (κ3) is 5.75. The highest BCUT2D eigenvalue weighted by atomic mass is 127. The molecule has 1 aromatic heterocycles. The van der Waals surface area contributed by atoms with Gasteiger partial charge in [0, 0.05) is 38.8 Å². The molecular formula is C17H27IN6O2. The van der Waals surface area contributed by atoms with E-state index in [0.29, 0.717) is 13.1 Å². The molecule has 0 spiro atoms. The van der Waals surface area contributed by atoms with E-state index in [4.69, 9.17) is 9.47 Å². The van der Waals surface area contributed by atoms with Crippen LogP contribution in [0.3, 0.4) is 0 Å². The molecule has 9 heteroatoms. The first-order valence-electron chi connectivity index (χ1n) is 8.12. The topological polar surface area (TPSA) is 76.8 Å². The van der Waals surface area contributed by atoms with Gasteiger partial charge in [0.05, 0.1) is 14.2 Å². The monoisotopic (exact) mass is 474 g/mol. The molecule has 0 saturated heterocycles. The number of methoxy groups -OCH3 is 2. The van der Waals surface area contributed by atoms with Crippen molar-refractivity contribution in [1.82, 2.24) is 25.0 Å². The lowest BCUT2D eigenvalue weighted by Gasteiger charge is -2.23. The van der Waals surface area contributed by atoms with E-state index < -0.39 is 0 Å². The number of nitrogens with one attached hydrogen (secondary N) is 1. The minimum Gasteiger partial charge on any atom is -0.497 e. The maximum Gasteiger partial charge on any atom is 0.194 e. The van der Waals surface area contributed by atoms with Gasteiger partial charge in [0.1, 0.15) is 24.4 Å². The molecule has 2 aromatic rings. The largest absolute Gasteiger partial charge is 0.497 e. The van der Waals surface area contributed by atoms with Crippen molar-refractivity contribution in [1.29, 1.82) is 0 Å². The number of aryl methyl sites for hydroxylation is 1. The van der Waals surface area contributed by atoms with Crippen molar-refractivity contribution in [3.63, 3.8) is 0 Å². The standard InChI is InChI=1S/C17H26N6O2.HI/c1-6-18-17(19-10-16-21-20-12-23(16)3)22(2)11-13-7-8-14(24-4)9-15(13)25-5;/h7-9,12H,6,10-11H2,1-5H3,(H,18,19);1H. The van der Waals surface area contributed by atoms with Gasteiger partial charge in [-0.1, -0.05) is 0 Å². The molecule has 0 radical (unpaired) electrons. The quantitative estimate of drug-likeness (QED) is 0.376. The van der Waals surface area contributed by atoms with Crippen molar-refractivity contribution in [3.05, 3.63) is 35.9 Å². The smallest absolute Gasteiger partial charge is 0.194 e. The minimum atomic E-state index is 0. The average Bonchev–Trinajstić information content (AvgIpc) is 3.03. The zero-order chi connectivity index (χ0) is 18.2. The molecule has 0 bridgehead atoms. The molecular weight excluding hydrogens is 447 g/mol. The van der Waals surface area contributed by atoms with E-state index in [1.165, 1.54) is 0 Å². The van der Waals surface area contributed by atoms with Crippen LogP contribution in [-0.4, -0.2) is 53.4 Å². The number of hydrogen-bond donors (Lipinski definition) is 1. The predicted molar refractivity (Wildman–Crippen MR) is 112 cm³/mol. The van der Waals surface area contributed by atoms with E-state index >= 15 is 0 Å². The van der Waals surface area contributed by atoms with Crippen molar-refractivity contribution in [2.45, 2.75) is 20.0 Å². The highest BCUT2D eigenvalue weighted by Gasteiger charge is 2.12. The van der Waals surface area contributed by atoms with Crippen LogP contribution in [-0.2, 0) is 20.1 Å². The Balaban J connectivity index is 0.00000338. The van der Waals surface area contributed by atoms with Crippen molar-refractivity contribution in [2.24, 2.45) is 12.0 Å². The van der Waals surface area contributed by atoms with Gasteiger partial charge in [0.2, 0.25) is 0 Å². The number of rotatable bonds is 7. The molecule has 1 aromatic carbocycles. The fourth-order valence-electron chi connectivity index (χ4n) is 2.38. The van der Waals surface area contributed by atoms with Gasteiger partial charge < -0.3 is 24.3 Å². The minimum absolute atomic E-state index is 0. The van der Waals surface area contributed by atoms with Crippen LogP contribution in [0.2, 0.25) is 0 Å². The summed E-state index contributed by atoms with van der Waals surface area (Å²) in [6, 6.07) is 5.81. The van der Waals surface area contributed by atoms with Gasteiger partial charge in [-0.15, -0.1) is 34.2 Å². The highest BCUT2D eigenvalue weighted by Crippen LogP contribution is 2.25. The number of hydrogen-bond acceptors (Lipinski definition) is 5. The van der Waals surface area contributed by atoms with E-state index in [1.807, 2.05) is 48.7 Å². The van der Waals surface area contributed by atoms with E-state index in [9.17, 15) is 0 Å². The predicted octanol–water partition coefficient (Wildman–Crippen LogP) is 2.05. The lowest BCUT2D eigenvalue weighted by atomic mass is 10.2. The fourth-order valence-corrected chi connectivity index (χ4v) is 2.38. The summed E-state index contributed by atoms with van der Waals surface area (Å²) in [7, 11) is 7.19. The number of nitrogens with zero attached hydrogens (tertiary/aromatic N) is 5. The van der Waals surface area contributed by atoms with Crippen LogP contribution in [0, 0.1) is 0 Å². The first-order chi connectivity index (χ1) is 12.1. The Morgan fingerprint density at radius 2 is 2.08 bits per heavy atom. The summed E-state index contributed by atoms with van der Waals surface area (Å²) in [5.74, 6) is 3.16. The highest BCUT2D eigenvalue weighted by molar-refractivity contribution is 14.0. The Bertz CT molecular complexity index is 719. The fraction of sp³-hybridized carbons (Fsp3) is 0.471. The first kappa shape index (κ1) is 22.0. The molecule has 0 amide bonds. The van der Waals surface area contributed by atoms with Gasteiger partial charge in [0.15, 0.2) is 11.8 Å². The SMILES string of the molecule is CCNC(=NCc1nncn1C)N(C)Cc1ccc(OC)cc1OC.I. The summed E-state index contributed by atoms with van der Waals surface area (Å²) < 4.78 is 12.6. The number of benzene rings is 1. The Morgan fingerprint density at radius 1 is 1.31 bits per heavy atom. The van der Waals surface area contributed by atoms with Crippen molar-refractivity contribution in [3.8, 4) is 11.5 Å². The van der Waals surface area contributed by atoms with Crippen LogP contribution in [0.15, 0.2) is 29.5 Å². The van der Waals surface area contributed by atoms with E-state index in [-0.39, 0.29) is 24.0 Å². The molecule has 0 fully saturated rings. The van der Waals surface area contributed by atoms with Gasteiger partial charge in [-0.05, 0) is 19.1 Å². The summed E-state index contributed by atoms with van der Waals surface area (Å²) in [4.78, 5) is 6.69. The Hall–Kier alpha value is -2.04. The second kappa shape index (κ2) is 10.8. The first-order valence-corrected chi connectivity index (χ1v) is 8.12. The molecule has 0 aliphatic rings. The van der Waals surface area contributed by atoms with E-state index in [0.717, 1.165) is 35.4 Å². The number of halogens is 1. The van der Waals surface area contributed by atoms with Crippen LogP contribution in [0.5, 0.6) is 11.5 Å². The van der Waals surface area contributed by atoms with Gasteiger partial charge in [-0.25, -0.2) is 4.99 Å². The van der Waals surface area contributed by atoms with Crippen LogP contribution in [0.25, 0.3) is 0 Å². The molecule has 144 valence electrons. The lowest BCUT2D eigenvalue weighted by molar-refractivity contribution is 0.382. The molecule has 2 rings (SSSR count). The lowest BCUT2D eigenvalue weighted by Crippen LogP contribution is -2.38. The summed E-state index contributed by atoms with van der Waals surface area (Å²) in [6.07, 6.45) is 1.67. The number of ether oxygens (including phenoxy) is 2. The van der Waals surface area contributed by atoms with Crippen molar-refractivity contribution >= 4 is 29.9 Å². The maximum atomic E-state index is 5.47. The third-order valence-corrected chi connectivity index (χ3v) is 3.77. The number of aromatic nitrogens is 3. The van der Waals surface area contributed by atoms with Crippen LogP contribution in [0.4, 0.5) is 0 Å². The Kier molecular flexibility index (Phi) is 9.17. The summed E-state index contributed by atoms with van der Waals surface area (Å²) in [5.41, 5.74) is 1.05. The van der Waals surface area contributed by atoms with E-state index in [2.05, 4.69) is 20.5 Å². The second-order valence-corrected chi connectivity index (χ2v) is 5.56. The van der Waals surface area contributed by atoms with Crippen LogP contribution < -0.4 is 14.8 Å². The van der Waals surface area contributed by atoms with Crippen molar-refractivity contribution < 1.29 is 9.47 Å². The van der Waals surface area contributed by atoms with Gasteiger partial charge in [0.25, 0.3) is 0 Å². The summed E-state index contributed by atoms with van der Waals surface area (Å²) >= 11 is 0. The number of aliphatic imine (C=N–C) groups is 1. The molecule has 1 heterocycles. The third-order valence-electron chi connectivity index (χ3n) is 3.77. The van der Waals surface area contributed by atoms with Crippen LogP contribution in [0.1, 0.15) is 18.3 Å². The van der Waals surface area contributed by atoms with Gasteiger partial charge in [-0.3, -0.25) is 0 Å². The Labute approximate surface area is 171 Å². The molecule has 0 atom stereocenters. The van der Waals surface area contributed by atoms with Crippen LogP contribution >= 0.6 is 24.0 Å². The van der Waals surface area contributed by atoms with E-state index in [1.54, 1.807) is 20.5 Å². The normalized spacial score (nSPS) is 10.9. The average molecular weight is 474 g/mol. The summed E-state index contributed by atoms with van der Waals surface area (Å²) in [5, 5.41) is 11.2. The maximum absolute atomic E-state index is 5.47. The van der Waals surface area contributed by atoms with Crippen molar-refractivity contribution in [2.75, 3.05) is 27.8 Å². The zero-order valence-corrected chi connectivity index (χ0v) is 18.2. The molecule has 0 saturated carbocycles. The van der Waals surface area contributed by atoms with Gasteiger partial charge >= 0.3 is 0 Å². The molecule has 0 unspecified atom stereocenters. The molecule has 26 heavy (non-hydrogen) atoms. The molecule has 0 aliphatic carbocycles. The Morgan fingerprint density at radius 3 is 2.65 bits per heavy atom.